The molecule has 0 atom stereocenters. The van der Waals surface area contributed by atoms with Crippen molar-refractivity contribution in [2.75, 3.05) is 14.2 Å². The summed E-state index contributed by atoms with van der Waals surface area (Å²) in [5, 5.41) is 0.659. The summed E-state index contributed by atoms with van der Waals surface area (Å²) < 4.78 is 48.7. The molecular weight excluding hydrogens is 540 g/mol. The van der Waals surface area contributed by atoms with E-state index in [0.29, 0.717) is 45.2 Å². The van der Waals surface area contributed by atoms with Gasteiger partial charge < -0.3 is 18.8 Å². The fraction of sp³-hybridized carbons (Fsp3) is 0.161. The van der Waals surface area contributed by atoms with Gasteiger partial charge in [-0.25, -0.2) is 22.4 Å². The third kappa shape index (κ3) is 4.55. The Morgan fingerprint density at radius 1 is 0.927 bits per heavy atom. The third-order valence-electron chi connectivity index (χ3n) is 7.03. The maximum absolute atomic E-state index is 14.3. The average molecular weight is 569 g/mol. The summed E-state index contributed by atoms with van der Waals surface area (Å²) in [5.74, 6) is 1.48. The van der Waals surface area contributed by atoms with Crippen molar-refractivity contribution < 1.29 is 22.6 Å². The second kappa shape index (κ2) is 10.3. The molecule has 0 aliphatic heterocycles. The molecule has 0 bridgehead atoms. The van der Waals surface area contributed by atoms with Crippen LogP contribution in [0.3, 0.4) is 0 Å². The molecule has 0 saturated heterocycles. The lowest BCUT2D eigenvalue weighted by molar-refractivity contribution is 0.307. The minimum Gasteiger partial charge on any atom is -0.491 e. The number of benzene rings is 2. The van der Waals surface area contributed by atoms with Crippen LogP contribution < -0.4 is 14.2 Å². The number of rotatable bonds is 8. The van der Waals surface area contributed by atoms with Crippen LogP contribution in [0.15, 0.2) is 90.1 Å². The zero-order valence-corrected chi connectivity index (χ0v) is 23.8. The first kappa shape index (κ1) is 26.4. The Morgan fingerprint density at radius 2 is 1.68 bits per heavy atom. The lowest BCUT2D eigenvalue weighted by Gasteiger charge is -2.12. The molecule has 4 aromatic heterocycles. The Labute approximate surface area is 237 Å². The van der Waals surface area contributed by atoms with Gasteiger partial charge in [0, 0.05) is 42.0 Å². The van der Waals surface area contributed by atoms with E-state index in [4.69, 9.17) is 19.2 Å². The molecule has 10 heteroatoms. The molecule has 0 N–H and O–H groups in total. The lowest BCUT2D eigenvalue weighted by Crippen LogP contribution is -2.15. The molecule has 9 nitrogen and oxygen atoms in total. The summed E-state index contributed by atoms with van der Waals surface area (Å²) in [7, 11) is 0.867. The van der Waals surface area contributed by atoms with Crippen LogP contribution in [0.2, 0.25) is 0 Å². The normalized spacial score (nSPS) is 11.7. The summed E-state index contributed by atoms with van der Waals surface area (Å²) >= 11 is 0. The Hall–Kier alpha value is -4.83. The summed E-state index contributed by atoms with van der Waals surface area (Å²) in [6.45, 7) is 2.15. The van der Waals surface area contributed by atoms with Crippen molar-refractivity contribution in [2.45, 2.75) is 18.4 Å². The van der Waals surface area contributed by atoms with E-state index >= 15 is 0 Å². The van der Waals surface area contributed by atoms with E-state index in [1.807, 2.05) is 73.3 Å². The molecule has 0 spiro atoms. The molecule has 41 heavy (non-hydrogen) atoms. The van der Waals surface area contributed by atoms with E-state index < -0.39 is 10.0 Å². The maximum atomic E-state index is 14.3. The van der Waals surface area contributed by atoms with Gasteiger partial charge in [0.25, 0.3) is 15.9 Å². The molecule has 4 heterocycles. The van der Waals surface area contributed by atoms with Crippen molar-refractivity contribution in [1.82, 2.24) is 18.5 Å². The van der Waals surface area contributed by atoms with Crippen molar-refractivity contribution in [3.63, 3.8) is 0 Å². The molecule has 0 amide bonds. The zero-order valence-electron chi connectivity index (χ0n) is 23.0. The van der Waals surface area contributed by atoms with Gasteiger partial charge in [-0.05, 0) is 43.3 Å². The van der Waals surface area contributed by atoms with Crippen LogP contribution in [-0.4, -0.2) is 41.1 Å². The molecule has 6 aromatic rings. The Morgan fingerprint density at radius 3 is 2.39 bits per heavy atom. The van der Waals surface area contributed by atoms with Gasteiger partial charge in [-0.3, -0.25) is 0 Å². The quantitative estimate of drug-likeness (QED) is 0.231. The number of ether oxygens (including phenoxy) is 3. The number of methoxy groups -OCH3 is 2. The summed E-state index contributed by atoms with van der Waals surface area (Å²) in [6.07, 6.45) is 3.46. The highest BCUT2D eigenvalue weighted by atomic mass is 32.2. The molecule has 0 radical (unpaired) electrons. The second-order valence-corrected chi connectivity index (χ2v) is 11.4. The van der Waals surface area contributed by atoms with Crippen molar-refractivity contribution >= 4 is 32.1 Å². The standard InChI is InChI=1S/C31H28N4O5S/c1-20-10-12-23(13-11-20)41(36,37)35-26(25-18-34(2)27-17-28(38-3)31(39-4)33-29(25)27)16-24-21(14-15-32-30(24)35)19-40-22-8-6-5-7-9-22/h5-18H,19H2,1-4H3. The van der Waals surface area contributed by atoms with E-state index in [1.165, 1.54) is 11.1 Å². The number of fused-ring (bicyclic) bond motifs is 2. The maximum Gasteiger partial charge on any atom is 0.269 e. The molecule has 0 saturated carbocycles. The lowest BCUT2D eigenvalue weighted by atomic mass is 10.1. The third-order valence-corrected chi connectivity index (χ3v) is 8.75. The highest BCUT2D eigenvalue weighted by molar-refractivity contribution is 7.90. The fourth-order valence-electron chi connectivity index (χ4n) is 4.92. The number of hydrogen-bond acceptors (Lipinski definition) is 7. The van der Waals surface area contributed by atoms with Gasteiger partial charge >= 0.3 is 0 Å². The molecule has 2 aromatic carbocycles. The van der Waals surface area contributed by atoms with E-state index in [-0.39, 0.29) is 11.5 Å². The van der Waals surface area contributed by atoms with Crippen molar-refractivity contribution in [3.8, 4) is 28.6 Å². The van der Waals surface area contributed by atoms with Gasteiger partial charge in [0.1, 0.15) is 17.9 Å². The minimum atomic E-state index is -4.07. The number of aryl methyl sites for hydroxylation is 2. The first-order valence-corrected chi connectivity index (χ1v) is 14.3. The fourth-order valence-corrected chi connectivity index (χ4v) is 6.39. The first-order valence-electron chi connectivity index (χ1n) is 12.9. The van der Waals surface area contributed by atoms with Gasteiger partial charge in [0.15, 0.2) is 11.4 Å². The van der Waals surface area contributed by atoms with E-state index in [9.17, 15) is 8.42 Å². The van der Waals surface area contributed by atoms with E-state index in [0.717, 1.165) is 16.6 Å². The highest BCUT2D eigenvalue weighted by Gasteiger charge is 2.28. The van der Waals surface area contributed by atoms with Crippen molar-refractivity contribution in [3.05, 3.63) is 96.3 Å². The first-order chi connectivity index (χ1) is 19.8. The van der Waals surface area contributed by atoms with E-state index in [1.54, 1.807) is 37.6 Å². The predicted octanol–water partition coefficient (Wildman–Crippen LogP) is 5.73. The SMILES string of the molecule is COc1cc2c(nc1OC)c(-c1cc3c(COc4ccccc4)ccnc3n1S(=O)(=O)c1ccc(C)cc1)cn2C. The number of hydrogen-bond donors (Lipinski definition) is 0. The number of pyridine rings is 2. The summed E-state index contributed by atoms with van der Waals surface area (Å²) in [4.78, 5) is 9.43. The van der Waals surface area contributed by atoms with Gasteiger partial charge in [-0.2, -0.15) is 0 Å². The Bertz CT molecular complexity index is 2000. The largest absolute Gasteiger partial charge is 0.491 e. The van der Waals surface area contributed by atoms with Crippen LogP contribution in [0.1, 0.15) is 11.1 Å². The molecular formula is C31H28N4O5S. The smallest absolute Gasteiger partial charge is 0.269 e. The molecule has 0 unspecified atom stereocenters. The topological polar surface area (TPSA) is 97.5 Å². The molecule has 0 fully saturated rings. The summed E-state index contributed by atoms with van der Waals surface area (Å²) in [5.41, 5.74) is 4.40. The number of nitrogens with zero attached hydrogens (tertiary/aromatic N) is 4. The highest BCUT2D eigenvalue weighted by Crippen LogP contribution is 2.39. The van der Waals surface area contributed by atoms with Crippen molar-refractivity contribution in [2.24, 2.45) is 7.05 Å². The van der Waals surface area contributed by atoms with Gasteiger partial charge in [-0.1, -0.05) is 35.9 Å². The van der Waals surface area contributed by atoms with Gasteiger partial charge in [0.05, 0.1) is 30.3 Å². The van der Waals surface area contributed by atoms with Crippen LogP contribution in [0, 0.1) is 6.92 Å². The number of aromatic nitrogens is 4. The van der Waals surface area contributed by atoms with Crippen LogP contribution in [-0.2, 0) is 23.7 Å². The summed E-state index contributed by atoms with van der Waals surface area (Å²) in [6, 6.07) is 21.7. The minimum absolute atomic E-state index is 0.155. The molecule has 6 rings (SSSR count). The Kier molecular flexibility index (Phi) is 6.63. The van der Waals surface area contributed by atoms with Crippen molar-refractivity contribution in [1.29, 1.82) is 0 Å². The molecule has 0 aliphatic carbocycles. The zero-order chi connectivity index (χ0) is 28.7. The van der Waals surface area contributed by atoms with E-state index in [2.05, 4.69) is 4.98 Å². The Balaban J connectivity index is 1.62. The average Bonchev–Trinajstić information content (AvgIpc) is 3.54. The predicted molar refractivity (Wildman–Crippen MR) is 157 cm³/mol. The molecule has 0 aliphatic rings. The van der Waals surface area contributed by atoms with Gasteiger partial charge in [0.2, 0.25) is 0 Å². The van der Waals surface area contributed by atoms with Gasteiger partial charge in [-0.15, -0.1) is 0 Å². The van der Waals surface area contributed by atoms with Crippen LogP contribution >= 0.6 is 0 Å². The molecule has 208 valence electrons. The monoisotopic (exact) mass is 568 g/mol. The van der Waals surface area contributed by atoms with Crippen LogP contribution in [0.4, 0.5) is 0 Å². The number of para-hydroxylation sites is 1. The van der Waals surface area contributed by atoms with Crippen LogP contribution in [0.5, 0.6) is 17.4 Å². The van der Waals surface area contributed by atoms with Crippen LogP contribution in [0.25, 0.3) is 33.3 Å². The second-order valence-electron chi connectivity index (χ2n) is 9.64.